The number of hydrazine groups is 2. The fraction of sp³-hybridized carbons (Fsp3) is 0.143. The van der Waals surface area contributed by atoms with Gasteiger partial charge in [0.15, 0.2) is 0 Å². The van der Waals surface area contributed by atoms with Gasteiger partial charge >= 0.3 is 73.5 Å². The van der Waals surface area contributed by atoms with E-state index in [0.717, 1.165) is 5.69 Å². The third-order valence-corrected chi connectivity index (χ3v) is 2.45. The summed E-state index contributed by atoms with van der Waals surface area (Å²) >= 11 is 2.88. The van der Waals surface area contributed by atoms with Crippen LogP contribution in [0.2, 0.25) is 0 Å². The zero-order valence-corrected chi connectivity index (χ0v) is 7.83. The Bertz CT molecular complexity index is 276. The molecule has 0 amide bonds. The minimum atomic E-state index is 1.13. The molecule has 11 heavy (non-hydrogen) atoms. The molecule has 1 aliphatic rings. The van der Waals surface area contributed by atoms with E-state index in [9.17, 15) is 0 Å². The van der Waals surface area contributed by atoms with Gasteiger partial charge in [0.05, 0.1) is 0 Å². The third kappa shape index (κ3) is 0.996. The molecule has 0 aliphatic carbocycles. The van der Waals surface area contributed by atoms with Gasteiger partial charge in [-0.1, -0.05) is 0 Å². The number of hydrogen-bond acceptors (Lipinski definition) is 3. The molecule has 0 atom stereocenters. The predicted octanol–water partition coefficient (Wildman–Crippen LogP) is 0.764. The predicted molar refractivity (Wildman–Crippen MR) is 46.1 cm³/mol. The van der Waals surface area contributed by atoms with Gasteiger partial charge in [0.25, 0.3) is 0 Å². The second kappa shape index (κ2) is 2.41. The van der Waals surface area contributed by atoms with Gasteiger partial charge in [-0.2, -0.15) is 0 Å². The molecule has 3 nitrogen and oxygen atoms in total. The average molecular weight is 213 g/mol. The van der Waals surface area contributed by atoms with E-state index < -0.39 is 0 Å². The van der Waals surface area contributed by atoms with Crippen LogP contribution in [0.3, 0.4) is 0 Å². The number of benzene rings is 1. The van der Waals surface area contributed by atoms with Crippen molar-refractivity contribution in [2.45, 2.75) is 0 Å². The van der Waals surface area contributed by atoms with Crippen LogP contribution in [0.15, 0.2) is 24.3 Å². The molecular weight excluding hydrogens is 205 g/mol. The Morgan fingerprint density at radius 3 is 2.82 bits per heavy atom. The molecule has 1 aromatic rings. The molecule has 1 aromatic carbocycles. The Kier molecular flexibility index (Phi) is 1.53. The summed E-state index contributed by atoms with van der Waals surface area (Å²) in [6.07, 6.45) is 0. The summed E-state index contributed by atoms with van der Waals surface area (Å²) in [4.78, 5) is 0. The number of para-hydroxylation sites is 2. The number of fused-ring (bicyclic) bond motifs is 1. The Labute approximate surface area is 73.9 Å². The van der Waals surface area contributed by atoms with E-state index in [4.69, 9.17) is 0 Å². The van der Waals surface area contributed by atoms with Crippen molar-refractivity contribution in [1.29, 1.82) is 0 Å². The molecule has 4 heteroatoms. The summed E-state index contributed by atoms with van der Waals surface area (Å²) in [5, 5.41) is 2.01. The molecule has 1 aliphatic heterocycles. The van der Waals surface area contributed by atoms with Crippen molar-refractivity contribution in [3.63, 3.8) is 0 Å². The van der Waals surface area contributed by atoms with Crippen molar-refractivity contribution in [2.75, 3.05) is 17.5 Å². The summed E-state index contributed by atoms with van der Waals surface area (Å²) in [5.41, 5.74) is 5.47. The van der Waals surface area contributed by atoms with E-state index in [-0.39, 0.29) is 0 Å². The van der Waals surface area contributed by atoms with E-state index in [2.05, 4.69) is 27.7 Å². The topological polar surface area (TPSA) is 18.5 Å². The first-order valence-corrected chi connectivity index (χ1v) is 4.12. The first-order chi connectivity index (χ1) is 5.29. The third-order valence-electron chi connectivity index (χ3n) is 1.74. The van der Waals surface area contributed by atoms with Crippen LogP contribution in [0.25, 0.3) is 0 Å². The van der Waals surface area contributed by atoms with Gasteiger partial charge < -0.3 is 0 Å². The van der Waals surface area contributed by atoms with Crippen LogP contribution in [0.4, 0.5) is 11.4 Å². The van der Waals surface area contributed by atoms with Gasteiger partial charge in [-0.25, -0.2) is 0 Å². The molecule has 57 valence electrons. The molecular formula is C7H8N3Se. The number of hydrogen-bond donors (Lipinski definition) is 1. The van der Waals surface area contributed by atoms with Crippen molar-refractivity contribution >= 4 is 27.6 Å². The molecule has 1 N–H and O–H groups in total. The van der Waals surface area contributed by atoms with Gasteiger partial charge in [0.1, 0.15) is 0 Å². The fourth-order valence-corrected chi connectivity index (χ4v) is 1.52. The van der Waals surface area contributed by atoms with E-state index in [1.165, 1.54) is 5.69 Å². The maximum absolute atomic E-state index is 3.15. The van der Waals surface area contributed by atoms with Crippen LogP contribution in [0, 0.1) is 0 Å². The monoisotopic (exact) mass is 214 g/mol. The van der Waals surface area contributed by atoms with Gasteiger partial charge in [-0.15, -0.1) is 0 Å². The van der Waals surface area contributed by atoms with Crippen LogP contribution < -0.4 is 10.4 Å². The van der Waals surface area contributed by atoms with Crippen molar-refractivity contribution in [1.82, 2.24) is 4.13 Å². The molecule has 0 unspecified atom stereocenters. The van der Waals surface area contributed by atoms with Crippen molar-refractivity contribution < 1.29 is 0 Å². The summed E-state index contributed by atoms with van der Waals surface area (Å²) in [5.74, 6) is 0. The van der Waals surface area contributed by atoms with E-state index >= 15 is 0 Å². The van der Waals surface area contributed by atoms with Crippen LogP contribution in [0.5, 0.6) is 0 Å². The Balaban J connectivity index is 2.47. The summed E-state index contributed by atoms with van der Waals surface area (Å²) < 4.78 is 1.82. The number of nitrogens with one attached hydrogen (secondary N) is 1. The van der Waals surface area contributed by atoms with Crippen molar-refractivity contribution in [2.24, 2.45) is 0 Å². The minimum absolute atomic E-state index is 1.13. The van der Waals surface area contributed by atoms with Crippen LogP contribution in [0.1, 0.15) is 0 Å². The number of anilines is 2. The number of nitrogens with zero attached hydrogens (tertiary/aromatic N) is 2. The van der Waals surface area contributed by atoms with Crippen molar-refractivity contribution in [3.8, 4) is 0 Å². The molecule has 1 heterocycles. The average Bonchev–Trinajstić information content (AvgIpc) is 2.30. The van der Waals surface area contributed by atoms with Gasteiger partial charge in [0, 0.05) is 0 Å². The first-order valence-electron chi connectivity index (χ1n) is 3.35. The number of rotatable bonds is 0. The van der Waals surface area contributed by atoms with Crippen molar-refractivity contribution in [3.05, 3.63) is 24.3 Å². The standard InChI is InChI=1S/C7H8N3Se/c1-9-7-5-3-2-4-6(7)8-10(9)11/h2-5,8H,1H3. The second-order valence-electron chi connectivity index (χ2n) is 2.43. The zero-order valence-electron chi connectivity index (χ0n) is 6.11. The molecule has 0 fully saturated rings. The van der Waals surface area contributed by atoms with Gasteiger partial charge in [-0.05, 0) is 0 Å². The van der Waals surface area contributed by atoms with Crippen LogP contribution in [-0.2, 0) is 0 Å². The molecule has 0 bridgehead atoms. The Hall–Kier alpha value is -0.701. The molecule has 0 saturated heterocycles. The molecule has 1 radical (unpaired) electrons. The molecule has 2 rings (SSSR count). The summed E-state index contributed by atoms with van der Waals surface area (Å²) in [6.45, 7) is 0. The summed E-state index contributed by atoms with van der Waals surface area (Å²) in [6, 6.07) is 8.15. The molecule has 0 spiro atoms. The van der Waals surface area contributed by atoms with E-state index in [1.54, 1.807) is 0 Å². The maximum atomic E-state index is 3.15. The fourth-order valence-electron chi connectivity index (χ4n) is 1.13. The van der Waals surface area contributed by atoms with Crippen LogP contribution in [-0.4, -0.2) is 27.4 Å². The molecule has 0 saturated carbocycles. The van der Waals surface area contributed by atoms with Gasteiger partial charge in [0.2, 0.25) is 0 Å². The van der Waals surface area contributed by atoms with Crippen LogP contribution >= 0.6 is 0 Å². The Morgan fingerprint density at radius 2 is 2.09 bits per heavy atom. The second-order valence-corrected chi connectivity index (χ2v) is 3.15. The SMILES string of the molecule is CN1c2ccccc2NN1[Se]. The normalized spacial score (nSPS) is 16.4. The summed E-state index contributed by atoms with van der Waals surface area (Å²) in [7, 11) is 2.00. The van der Waals surface area contributed by atoms with E-state index in [1.807, 2.05) is 34.4 Å². The Morgan fingerprint density at radius 1 is 1.36 bits per heavy atom. The van der Waals surface area contributed by atoms with E-state index in [0.29, 0.717) is 0 Å². The van der Waals surface area contributed by atoms with Gasteiger partial charge in [-0.3, -0.25) is 0 Å². The zero-order chi connectivity index (χ0) is 7.84. The first kappa shape index (κ1) is 6.98. The molecule has 0 aromatic heterocycles. The quantitative estimate of drug-likeness (QED) is 0.642.